The summed E-state index contributed by atoms with van der Waals surface area (Å²) in [6.07, 6.45) is 8.01. The summed E-state index contributed by atoms with van der Waals surface area (Å²) in [5.41, 5.74) is -2.62. The van der Waals surface area contributed by atoms with Crippen LogP contribution in [0.25, 0.3) is 0 Å². The summed E-state index contributed by atoms with van der Waals surface area (Å²) in [7, 11) is 0. The van der Waals surface area contributed by atoms with Gasteiger partial charge in [0, 0.05) is 0 Å². The van der Waals surface area contributed by atoms with Gasteiger partial charge in [-0.15, -0.1) is 0 Å². The van der Waals surface area contributed by atoms with Crippen LogP contribution < -0.4 is 0 Å². The first-order valence-corrected chi connectivity index (χ1v) is 7.34. The Labute approximate surface area is 142 Å². The van der Waals surface area contributed by atoms with E-state index in [1.807, 2.05) is 0 Å². The Morgan fingerprint density at radius 1 is 0.720 bits per heavy atom. The number of hydrogen-bond donors (Lipinski definition) is 4. The molecule has 0 aromatic heterocycles. The molecule has 0 unspecified atom stereocenters. The van der Waals surface area contributed by atoms with Gasteiger partial charge in [-0.25, -0.2) is 0 Å². The number of carbonyl (C=O) groups is 4. The van der Waals surface area contributed by atoms with Crippen molar-refractivity contribution in [3.63, 3.8) is 0 Å². The van der Waals surface area contributed by atoms with E-state index in [2.05, 4.69) is 0 Å². The normalized spacial score (nSPS) is 20.3. The summed E-state index contributed by atoms with van der Waals surface area (Å²) in [5.74, 6) is -5.79. The molecule has 0 amide bonds. The summed E-state index contributed by atoms with van der Waals surface area (Å²) >= 11 is 0. The fraction of sp³-hybridized carbons (Fsp3) is 0.294. The third kappa shape index (κ3) is 3.10. The maximum Gasteiger partial charge on any atom is 0.325 e. The van der Waals surface area contributed by atoms with Crippen LogP contribution in [0.15, 0.2) is 47.6 Å². The van der Waals surface area contributed by atoms with Crippen molar-refractivity contribution in [3.8, 4) is 0 Å². The Balaban J connectivity index is 2.12. The molecule has 132 valence electrons. The zero-order chi connectivity index (χ0) is 18.8. The summed E-state index contributed by atoms with van der Waals surface area (Å²) in [5, 5.41) is 36.5. The van der Waals surface area contributed by atoms with E-state index >= 15 is 0 Å². The number of hydrogen-bond acceptors (Lipinski definition) is 4. The van der Waals surface area contributed by atoms with Crippen LogP contribution in [0.1, 0.15) is 19.3 Å². The second kappa shape index (κ2) is 6.39. The lowest BCUT2D eigenvalue weighted by Crippen LogP contribution is -2.38. The lowest BCUT2D eigenvalue weighted by Gasteiger charge is -2.25. The number of aliphatic carboxylic acids is 4. The van der Waals surface area contributed by atoms with Crippen LogP contribution in [0.2, 0.25) is 0 Å². The molecule has 2 rings (SSSR count). The van der Waals surface area contributed by atoms with Gasteiger partial charge in [0.05, 0.1) is 0 Å². The number of carboxylic acids is 4. The quantitative estimate of drug-likeness (QED) is 0.527. The highest BCUT2D eigenvalue weighted by atomic mass is 16.4. The van der Waals surface area contributed by atoms with Crippen LogP contribution in [0.4, 0.5) is 0 Å². The zero-order valence-electron chi connectivity index (χ0n) is 13.0. The summed E-state index contributed by atoms with van der Waals surface area (Å²) in [4.78, 5) is 44.9. The van der Waals surface area contributed by atoms with Gasteiger partial charge in [0.15, 0.2) is 10.8 Å². The largest absolute Gasteiger partial charge is 0.480 e. The van der Waals surface area contributed by atoms with Crippen molar-refractivity contribution in [2.24, 2.45) is 10.8 Å². The van der Waals surface area contributed by atoms with Gasteiger partial charge in [-0.2, -0.15) is 0 Å². The van der Waals surface area contributed by atoms with E-state index in [0.29, 0.717) is 17.6 Å². The minimum atomic E-state index is -1.98. The molecule has 0 aromatic rings. The third-order valence-electron chi connectivity index (χ3n) is 4.47. The molecule has 2 aliphatic carbocycles. The predicted molar refractivity (Wildman–Crippen MR) is 83.7 cm³/mol. The minimum Gasteiger partial charge on any atom is -0.480 e. The average Bonchev–Trinajstić information content (AvgIpc) is 2.55. The Morgan fingerprint density at radius 3 is 1.24 bits per heavy atom. The van der Waals surface area contributed by atoms with E-state index in [-0.39, 0.29) is 12.8 Å². The molecule has 0 spiro atoms. The molecular weight excluding hydrogens is 332 g/mol. The standard InChI is InChI=1S/C17H16O8/c18-12(19)16(13(20)21)5-1-10(2-6-16)9-11-3-7-17(8-4-11,14(22)23)15(24)25/h1-5,7H,6,8-9H2,(H,18,19)(H,20,21)(H,22,23)(H,24,25). The first-order chi connectivity index (χ1) is 11.6. The van der Waals surface area contributed by atoms with Crippen LogP contribution in [-0.4, -0.2) is 44.3 Å². The molecule has 0 heterocycles. The molecule has 8 nitrogen and oxygen atoms in total. The molecule has 8 heteroatoms. The monoisotopic (exact) mass is 348 g/mol. The highest BCUT2D eigenvalue weighted by Gasteiger charge is 2.45. The van der Waals surface area contributed by atoms with Gasteiger partial charge in [-0.05, 0) is 30.4 Å². The lowest BCUT2D eigenvalue weighted by atomic mass is 9.77. The van der Waals surface area contributed by atoms with Crippen molar-refractivity contribution in [1.82, 2.24) is 0 Å². The van der Waals surface area contributed by atoms with Crippen molar-refractivity contribution in [1.29, 1.82) is 0 Å². The number of rotatable bonds is 6. The maximum absolute atomic E-state index is 11.2. The van der Waals surface area contributed by atoms with Crippen molar-refractivity contribution in [2.75, 3.05) is 0 Å². The summed E-state index contributed by atoms with van der Waals surface area (Å²) in [6.45, 7) is 0. The van der Waals surface area contributed by atoms with E-state index in [0.717, 1.165) is 12.2 Å². The highest BCUT2D eigenvalue weighted by molar-refractivity contribution is 6.01. The summed E-state index contributed by atoms with van der Waals surface area (Å²) < 4.78 is 0. The molecule has 0 saturated carbocycles. The third-order valence-corrected chi connectivity index (χ3v) is 4.47. The van der Waals surface area contributed by atoms with Gasteiger partial charge >= 0.3 is 23.9 Å². The zero-order valence-corrected chi connectivity index (χ0v) is 13.0. The molecule has 0 bridgehead atoms. The molecule has 4 N–H and O–H groups in total. The van der Waals surface area contributed by atoms with Gasteiger partial charge in [-0.3, -0.25) is 19.2 Å². The van der Waals surface area contributed by atoms with Crippen LogP contribution >= 0.6 is 0 Å². The van der Waals surface area contributed by atoms with Gasteiger partial charge in [-0.1, -0.05) is 36.5 Å². The number of carboxylic acid groups (broad SMARTS) is 4. The smallest absolute Gasteiger partial charge is 0.325 e. The summed E-state index contributed by atoms with van der Waals surface area (Å²) in [6, 6.07) is 0. The Kier molecular flexibility index (Phi) is 4.64. The highest BCUT2D eigenvalue weighted by Crippen LogP contribution is 2.35. The van der Waals surface area contributed by atoms with Gasteiger partial charge in [0.1, 0.15) is 0 Å². The molecule has 0 aliphatic heterocycles. The van der Waals surface area contributed by atoms with Gasteiger partial charge < -0.3 is 20.4 Å². The van der Waals surface area contributed by atoms with E-state index in [1.165, 1.54) is 24.3 Å². The first kappa shape index (κ1) is 18.2. The molecule has 0 aromatic carbocycles. The van der Waals surface area contributed by atoms with Crippen LogP contribution in [0.3, 0.4) is 0 Å². The fourth-order valence-electron chi connectivity index (χ4n) is 2.67. The van der Waals surface area contributed by atoms with Crippen molar-refractivity contribution in [2.45, 2.75) is 19.3 Å². The van der Waals surface area contributed by atoms with Crippen LogP contribution in [0.5, 0.6) is 0 Å². The molecule has 25 heavy (non-hydrogen) atoms. The molecule has 2 aliphatic rings. The van der Waals surface area contributed by atoms with Crippen molar-refractivity contribution in [3.05, 3.63) is 47.6 Å². The van der Waals surface area contributed by atoms with E-state index in [1.54, 1.807) is 0 Å². The van der Waals surface area contributed by atoms with Gasteiger partial charge in [0.25, 0.3) is 0 Å². The Bertz CT molecular complexity index is 674. The average molecular weight is 348 g/mol. The SMILES string of the molecule is O=C(O)C1(C(=O)O)C=CC(CC2=CCC(C(=O)O)(C(=O)O)C=C2)=CC1. The topological polar surface area (TPSA) is 149 Å². The van der Waals surface area contributed by atoms with Crippen molar-refractivity contribution >= 4 is 23.9 Å². The molecule has 0 atom stereocenters. The second-order valence-corrected chi connectivity index (χ2v) is 5.97. The van der Waals surface area contributed by atoms with E-state index in [9.17, 15) is 19.2 Å². The molecule has 0 fully saturated rings. The van der Waals surface area contributed by atoms with Gasteiger partial charge in [0.2, 0.25) is 0 Å². The Hall–Kier alpha value is -3.16. The lowest BCUT2D eigenvalue weighted by molar-refractivity contribution is -0.162. The second-order valence-electron chi connectivity index (χ2n) is 5.97. The fourth-order valence-corrected chi connectivity index (χ4v) is 2.67. The number of allylic oxidation sites excluding steroid dienone is 6. The van der Waals surface area contributed by atoms with E-state index < -0.39 is 34.7 Å². The molecule has 0 radical (unpaired) electrons. The minimum absolute atomic E-state index is 0.200. The van der Waals surface area contributed by atoms with Crippen LogP contribution in [0, 0.1) is 10.8 Å². The van der Waals surface area contributed by atoms with Crippen LogP contribution in [-0.2, 0) is 19.2 Å². The molecule has 0 saturated heterocycles. The van der Waals surface area contributed by atoms with Crippen molar-refractivity contribution < 1.29 is 39.6 Å². The molecular formula is C17H16O8. The van der Waals surface area contributed by atoms with E-state index in [4.69, 9.17) is 20.4 Å². The first-order valence-electron chi connectivity index (χ1n) is 7.34. The Morgan fingerprint density at radius 2 is 1.04 bits per heavy atom. The maximum atomic E-state index is 11.2. The predicted octanol–water partition coefficient (Wildman–Crippen LogP) is 1.46.